The molecule has 0 spiro atoms. The molecule has 1 heterocycles. The van der Waals surface area contributed by atoms with Gasteiger partial charge in [-0.15, -0.1) is 0 Å². The lowest BCUT2D eigenvalue weighted by Crippen LogP contribution is -2.32. The highest BCUT2D eigenvalue weighted by atomic mass is 16.5. The molecule has 0 bridgehead atoms. The van der Waals surface area contributed by atoms with Gasteiger partial charge in [0.25, 0.3) is 11.7 Å². The van der Waals surface area contributed by atoms with Crippen LogP contribution in [0.3, 0.4) is 0 Å². The smallest absolute Gasteiger partial charge is 0.295 e. The molecule has 1 aliphatic heterocycles. The Labute approximate surface area is 196 Å². The zero-order chi connectivity index (χ0) is 24.3. The van der Waals surface area contributed by atoms with Crippen LogP contribution < -0.4 is 4.74 Å². The number of benzene rings is 2. The number of amides is 1. The van der Waals surface area contributed by atoms with Crippen LogP contribution in [0.15, 0.2) is 48.0 Å². The first kappa shape index (κ1) is 24.5. The van der Waals surface area contributed by atoms with E-state index in [2.05, 4.69) is 0 Å². The van der Waals surface area contributed by atoms with Crippen LogP contribution in [-0.2, 0) is 9.59 Å². The van der Waals surface area contributed by atoms with Gasteiger partial charge in [-0.2, -0.15) is 0 Å². The minimum absolute atomic E-state index is 0.0258. The number of aliphatic hydroxyl groups is 1. The van der Waals surface area contributed by atoms with Crippen LogP contribution in [0.4, 0.5) is 0 Å². The van der Waals surface area contributed by atoms with Gasteiger partial charge in [-0.3, -0.25) is 9.59 Å². The number of hydrogen-bond donors (Lipinski definition) is 1. The third-order valence-electron chi connectivity index (χ3n) is 5.76. The van der Waals surface area contributed by atoms with Crippen molar-refractivity contribution >= 4 is 17.4 Å². The molecule has 1 saturated heterocycles. The van der Waals surface area contributed by atoms with Gasteiger partial charge >= 0.3 is 0 Å². The normalized spacial score (nSPS) is 17.9. The van der Waals surface area contributed by atoms with E-state index in [0.29, 0.717) is 17.9 Å². The van der Waals surface area contributed by atoms with Gasteiger partial charge in [0, 0.05) is 12.1 Å². The van der Waals surface area contributed by atoms with E-state index in [0.717, 1.165) is 29.7 Å². The average Bonchev–Trinajstić information content (AvgIpc) is 2.98. The molecule has 2 aromatic carbocycles. The van der Waals surface area contributed by atoms with Crippen molar-refractivity contribution in [1.29, 1.82) is 0 Å². The Hall–Kier alpha value is -3.12. The van der Waals surface area contributed by atoms with Crippen LogP contribution in [0.25, 0.3) is 5.76 Å². The van der Waals surface area contributed by atoms with Crippen LogP contribution in [0, 0.1) is 13.8 Å². The minimum Gasteiger partial charge on any atom is -0.507 e. The maximum Gasteiger partial charge on any atom is 0.295 e. The van der Waals surface area contributed by atoms with Crippen molar-refractivity contribution in [2.75, 3.05) is 27.2 Å². The molecule has 6 heteroatoms. The molecule has 0 saturated carbocycles. The second-order valence-corrected chi connectivity index (χ2v) is 9.20. The van der Waals surface area contributed by atoms with E-state index in [1.54, 1.807) is 17.0 Å². The Morgan fingerprint density at radius 3 is 2.33 bits per heavy atom. The maximum absolute atomic E-state index is 13.2. The Morgan fingerprint density at radius 1 is 1.09 bits per heavy atom. The molecule has 0 unspecified atom stereocenters. The third kappa shape index (κ3) is 5.45. The van der Waals surface area contributed by atoms with Crippen molar-refractivity contribution in [2.24, 2.45) is 0 Å². The summed E-state index contributed by atoms with van der Waals surface area (Å²) in [6, 6.07) is 12.5. The summed E-state index contributed by atoms with van der Waals surface area (Å²) in [5.41, 5.74) is 3.32. The van der Waals surface area contributed by atoms with Crippen molar-refractivity contribution in [3.63, 3.8) is 0 Å². The Balaban J connectivity index is 2.08. The first-order valence-electron chi connectivity index (χ1n) is 11.4. The Bertz CT molecular complexity index is 1050. The molecule has 1 fully saturated rings. The highest BCUT2D eigenvalue weighted by Crippen LogP contribution is 2.40. The highest BCUT2D eigenvalue weighted by molar-refractivity contribution is 6.46. The van der Waals surface area contributed by atoms with E-state index in [4.69, 9.17) is 4.74 Å². The fourth-order valence-electron chi connectivity index (χ4n) is 4.16. The van der Waals surface area contributed by atoms with Crippen molar-refractivity contribution in [3.05, 3.63) is 70.3 Å². The molecule has 2 aromatic rings. The van der Waals surface area contributed by atoms with E-state index >= 15 is 0 Å². The summed E-state index contributed by atoms with van der Waals surface area (Å²) in [4.78, 5) is 29.8. The van der Waals surface area contributed by atoms with E-state index in [1.165, 1.54) is 0 Å². The molecular weight excluding hydrogens is 416 g/mol. The standard InChI is InChI=1S/C27H34N2O4/c1-17(2)33-21-12-13-22(19(4)16-21)25(30)23-24(20-10-8-18(3)9-11-20)29(27(32)26(23)31)15-7-14-28(5)6/h8-13,16-17,24,30H,7,14-15H2,1-6H3/b25-23+/t24-/m1/s1. The number of ether oxygens (including phenoxy) is 1. The molecule has 33 heavy (non-hydrogen) atoms. The van der Waals surface area contributed by atoms with Crippen LogP contribution in [-0.4, -0.2) is 59.9 Å². The van der Waals surface area contributed by atoms with Crippen molar-refractivity contribution in [2.45, 2.75) is 46.3 Å². The monoisotopic (exact) mass is 450 g/mol. The summed E-state index contributed by atoms with van der Waals surface area (Å²) in [7, 11) is 3.95. The maximum atomic E-state index is 13.2. The molecule has 3 rings (SSSR count). The number of likely N-dealkylation sites (tertiary alicyclic amines) is 1. The largest absolute Gasteiger partial charge is 0.507 e. The minimum atomic E-state index is -0.648. The number of hydrogen-bond acceptors (Lipinski definition) is 5. The predicted octanol–water partition coefficient (Wildman–Crippen LogP) is 4.46. The quantitative estimate of drug-likeness (QED) is 0.365. The van der Waals surface area contributed by atoms with Gasteiger partial charge in [0.15, 0.2) is 0 Å². The van der Waals surface area contributed by atoms with Gasteiger partial charge in [-0.25, -0.2) is 0 Å². The summed E-state index contributed by atoms with van der Waals surface area (Å²) >= 11 is 0. The molecular formula is C27H34N2O4. The second-order valence-electron chi connectivity index (χ2n) is 9.20. The summed E-state index contributed by atoms with van der Waals surface area (Å²) < 4.78 is 5.74. The lowest BCUT2D eigenvalue weighted by Gasteiger charge is -2.26. The van der Waals surface area contributed by atoms with Gasteiger partial charge in [0.1, 0.15) is 11.5 Å². The summed E-state index contributed by atoms with van der Waals surface area (Å²) in [6.45, 7) is 8.96. The zero-order valence-corrected chi connectivity index (χ0v) is 20.4. The number of rotatable bonds is 8. The molecule has 1 atom stereocenters. The Kier molecular flexibility index (Phi) is 7.59. The van der Waals surface area contributed by atoms with Gasteiger partial charge in [0.2, 0.25) is 0 Å². The fourth-order valence-corrected chi connectivity index (χ4v) is 4.16. The molecule has 1 amide bonds. The first-order chi connectivity index (χ1) is 15.6. The van der Waals surface area contributed by atoms with Crippen molar-refractivity contribution < 1.29 is 19.4 Å². The third-order valence-corrected chi connectivity index (χ3v) is 5.76. The summed E-state index contributed by atoms with van der Waals surface area (Å²) in [6.07, 6.45) is 0.751. The molecule has 0 radical (unpaired) electrons. The van der Waals surface area contributed by atoms with Gasteiger partial charge in [-0.1, -0.05) is 29.8 Å². The molecule has 0 aliphatic carbocycles. The van der Waals surface area contributed by atoms with Crippen LogP contribution in [0.2, 0.25) is 0 Å². The van der Waals surface area contributed by atoms with Gasteiger partial charge in [0.05, 0.1) is 17.7 Å². The lowest BCUT2D eigenvalue weighted by atomic mass is 9.93. The van der Waals surface area contributed by atoms with Crippen LogP contribution in [0.1, 0.15) is 48.6 Å². The van der Waals surface area contributed by atoms with E-state index in [9.17, 15) is 14.7 Å². The molecule has 176 valence electrons. The number of ketones is 1. The molecule has 1 aliphatic rings. The van der Waals surface area contributed by atoms with Gasteiger partial charge < -0.3 is 19.6 Å². The van der Waals surface area contributed by atoms with E-state index in [1.807, 2.05) is 77.0 Å². The van der Waals surface area contributed by atoms with Crippen LogP contribution in [0.5, 0.6) is 5.75 Å². The van der Waals surface area contributed by atoms with Crippen molar-refractivity contribution in [3.8, 4) is 5.75 Å². The number of Topliss-reactive ketones (excluding diaryl/α,β-unsaturated/α-hetero) is 1. The van der Waals surface area contributed by atoms with Crippen LogP contribution >= 0.6 is 0 Å². The molecule has 0 aromatic heterocycles. The number of aliphatic hydroxyl groups excluding tert-OH is 1. The predicted molar refractivity (Wildman–Crippen MR) is 130 cm³/mol. The van der Waals surface area contributed by atoms with E-state index < -0.39 is 17.7 Å². The Morgan fingerprint density at radius 2 is 1.76 bits per heavy atom. The highest BCUT2D eigenvalue weighted by Gasteiger charge is 2.45. The topological polar surface area (TPSA) is 70.1 Å². The molecule has 6 nitrogen and oxygen atoms in total. The SMILES string of the molecule is Cc1ccc([C@@H]2/C(=C(\O)c3ccc(OC(C)C)cc3C)C(=O)C(=O)N2CCCN(C)C)cc1. The number of carbonyl (C=O) groups excluding carboxylic acids is 2. The number of aryl methyl sites for hydroxylation is 2. The fraction of sp³-hybridized carbons (Fsp3) is 0.407. The summed E-state index contributed by atoms with van der Waals surface area (Å²) in [5, 5.41) is 11.3. The average molecular weight is 451 g/mol. The number of nitrogens with zero attached hydrogens (tertiary/aromatic N) is 2. The first-order valence-corrected chi connectivity index (χ1v) is 11.4. The summed E-state index contributed by atoms with van der Waals surface area (Å²) in [5.74, 6) is -0.677. The second kappa shape index (κ2) is 10.2. The van der Waals surface area contributed by atoms with E-state index in [-0.39, 0.29) is 17.4 Å². The number of carbonyl (C=O) groups is 2. The van der Waals surface area contributed by atoms with Crippen molar-refractivity contribution in [1.82, 2.24) is 9.80 Å². The van der Waals surface area contributed by atoms with Gasteiger partial charge in [-0.05, 0) is 84.1 Å². The lowest BCUT2D eigenvalue weighted by molar-refractivity contribution is -0.139. The zero-order valence-electron chi connectivity index (χ0n) is 20.4. The molecule has 1 N–H and O–H groups in total.